The van der Waals surface area contributed by atoms with Gasteiger partial charge in [0, 0.05) is 20.0 Å². The quantitative estimate of drug-likeness (QED) is 0.449. The van der Waals surface area contributed by atoms with E-state index in [0.717, 1.165) is 12.8 Å². The van der Waals surface area contributed by atoms with E-state index >= 15 is 0 Å². The molecular weight excluding hydrogens is 296 g/mol. The second kappa shape index (κ2) is 18.9. The van der Waals surface area contributed by atoms with E-state index < -0.39 is 5.97 Å². The van der Waals surface area contributed by atoms with Crippen molar-refractivity contribution >= 4 is 11.9 Å². The molecule has 6 heteroatoms. The number of amides is 1. The maximum atomic E-state index is 11.5. The van der Waals surface area contributed by atoms with Crippen molar-refractivity contribution in [2.45, 2.75) is 71.1 Å². The molecule has 0 heterocycles. The lowest BCUT2D eigenvalue weighted by Gasteiger charge is -2.14. The lowest BCUT2D eigenvalue weighted by atomic mass is 10.1. The molecular formula is C17H36N2O4. The molecule has 0 aliphatic carbocycles. The molecule has 6 nitrogen and oxygen atoms in total. The molecule has 4 N–H and O–H groups in total. The van der Waals surface area contributed by atoms with Crippen molar-refractivity contribution in [1.29, 1.82) is 0 Å². The van der Waals surface area contributed by atoms with E-state index in [1.807, 2.05) is 0 Å². The average Bonchev–Trinajstić information content (AvgIpc) is 2.52. The van der Waals surface area contributed by atoms with E-state index in [-0.39, 0.29) is 19.1 Å². The van der Waals surface area contributed by atoms with Crippen LogP contribution in [0.3, 0.4) is 0 Å². The van der Waals surface area contributed by atoms with Gasteiger partial charge < -0.3 is 20.8 Å². The van der Waals surface area contributed by atoms with E-state index in [1.54, 1.807) is 7.05 Å². The number of unbranched alkanes of at least 4 members (excludes halogenated alkanes) is 8. The Morgan fingerprint density at radius 1 is 0.957 bits per heavy atom. The zero-order valence-corrected chi connectivity index (χ0v) is 14.9. The predicted octanol–water partition coefficient (Wildman–Crippen LogP) is 2.39. The highest BCUT2D eigenvalue weighted by Crippen LogP contribution is 2.10. The Morgan fingerprint density at radius 2 is 1.39 bits per heavy atom. The van der Waals surface area contributed by atoms with Crippen LogP contribution in [-0.2, 0) is 9.59 Å². The van der Waals surface area contributed by atoms with Crippen LogP contribution in [0.4, 0.5) is 0 Å². The van der Waals surface area contributed by atoms with E-state index in [1.165, 1.54) is 49.8 Å². The summed E-state index contributed by atoms with van der Waals surface area (Å²) in [6.45, 7) is 2.49. The van der Waals surface area contributed by atoms with E-state index in [2.05, 4.69) is 6.92 Å². The summed E-state index contributed by atoms with van der Waals surface area (Å²) in [7, 11) is 1.55. The first kappa shape index (κ1) is 24.1. The van der Waals surface area contributed by atoms with Crippen LogP contribution in [-0.4, -0.2) is 53.7 Å². The molecule has 0 aromatic carbocycles. The number of carboxylic acids is 1. The van der Waals surface area contributed by atoms with Gasteiger partial charge in [0.15, 0.2) is 0 Å². The third-order valence-electron chi connectivity index (χ3n) is 3.42. The molecule has 138 valence electrons. The highest BCUT2D eigenvalue weighted by Gasteiger charge is 2.10. The smallest absolute Gasteiger partial charge is 0.323 e. The van der Waals surface area contributed by atoms with Crippen molar-refractivity contribution in [3.63, 3.8) is 0 Å². The van der Waals surface area contributed by atoms with E-state index in [4.69, 9.17) is 15.9 Å². The van der Waals surface area contributed by atoms with Crippen LogP contribution in [0.15, 0.2) is 0 Å². The van der Waals surface area contributed by atoms with E-state index in [9.17, 15) is 9.59 Å². The normalized spacial score (nSPS) is 9.91. The molecule has 0 aliphatic heterocycles. The molecule has 0 saturated heterocycles. The number of nitrogens with two attached hydrogens (primary N) is 1. The topological polar surface area (TPSA) is 104 Å². The maximum absolute atomic E-state index is 11.5. The lowest BCUT2D eigenvalue weighted by molar-refractivity contribution is -0.143. The van der Waals surface area contributed by atoms with Gasteiger partial charge in [-0.2, -0.15) is 0 Å². The van der Waals surface area contributed by atoms with E-state index in [0.29, 0.717) is 13.0 Å². The summed E-state index contributed by atoms with van der Waals surface area (Å²) >= 11 is 0. The summed E-state index contributed by atoms with van der Waals surface area (Å²) in [5, 5.41) is 16.3. The summed E-state index contributed by atoms with van der Waals surface area (Å²) in [6.07, 6.45) is 11.4. The van der Waals surface area contributed by atoms with Crippen LogP contribution in [0.5, 0.6) is 0 Å². The number of carbonyl (C=O) groups excluding carboxylic acids is 1. The first-order chi connectivity index (χ1) is 11.0. The highest BCUT2D eigenvalue weighted by atomic mass is 16.4. The number of aliphatic hydroxyl groups is 1. The number of hydrogen-bond donors (Lipinski definition) is 3. The Bertz CT molecular complexity index is 284. The molecule has 1 amide bonds. The Morgan fingerprint density at radius 3 is 1.78 bits per heavy atom. The minimum Gasteiger partial charge on any atom is -0.480 e. The number of likely N-dealkylation sites (N-methyl/N-ethyl adjacent to an activating group) is 1. The zero-order chi connectivity index (χ0) is 17.9. The third-order valence-corrected chi connectivity index (χ3v) is 3.42. The SMILES string of the molecule is CCCCCCCCCCCC(=O)N(C)CC(=O)O.NCCO. The van der Waals surface area contributed by atoms with Gasteiger partial charge in [0.2, 0.25) is 5.91 Å². The van der Waals surface area contributed by atoms with Gasteiger partial charge in [-0.15, -0.1) is 0 Å². The third kappa shape index (κ3) is 20.9. The van der Waals surface area contributed by atoms with Gasteiger partial charge >= 0.3 is 5.97 Å². The molecule has 0 unspecified atom stereocenters. The van der Waals surface area contributed by atoms with Crippen LogP contribution in [0.2, 0.25) is 0 Å². The van der Waals surface area contributed by atoms with Crippen molar-refractivity contribution < 1.29 is 19.8 Å². The Balaban J connectivity index is 0. The molecule has 0 saturated carbocycles. The monoisotopic (exact) mass is 332 g/mol. The average molecular weight is 332 g/mol. The Kier molecular flexibility index (Phi) is 19.8. The van der Waals surface area contributed by atoms with Crippen LogP contribution in [0.1, 0.15) is 71.1 Å². The fourth-order valence-electron chi connectivity index (χ4n) is 2.07. The largest absolute Gasteiger partial charge is 0.480 e. The molecule has 0 aliphatic rings. The minimum absolute atomic E-state index is 0.0645. The summed E-state index contributed by atoms with van der Waals surface area (Å²) in [4.78, 5) is 23.3. The van der Waals surface area contributed by atoms with Crippen molar-refractivity contribution in [3.8, 4) is 0 Å². The van der Waals surface area contributed by atoms with Gasteiger partial charge in [-0.3, -0.25) is 9.59 Å². The van der Waals surface area contributed by atoms with Crippen LogP contribution >= 0.6 is 0 Å². The Labute approximate surface area is 141 Å². The zero-order valence-electron chi connectivity index (χ0n) is 14.9. The van der Waals surface area contributed by atoms with Crippen LogP contribution in [0, 0.1) is 0 Å². The van der Waals surface area contributed by atoms with Crippen molar-refractivity contribution in [3.05, 3.63) is 0 Å². The molecule has 0 radical (unpaired) electrons. The second-order valence-electron chi connectivity index (χ2n) is 5.73. The molecule has 0 aromatic rings. The van der Waals surface area contributed by atoms with Gasteiger partial charge in [0.25, 0.3) is 0 Å². The Hall–Kier alpha value is -1.14. The standard InChI is InChI=1S/C15H29NO3.C2H7NO/c1-3-4-5-6-7-8-9-10-11-12-14(17)16(2)13-15(18)19;3-1-2-4/h3-13H2,1-2H3,(H,18,19);4H,1-3H2. The molecule has 0 atom stereocenters. The van der Waals surface area contributed by atoms with Gasteiger partial charge in [0.05, 0.1) is 6.61 Å². The van der Waals surface area contributed by atoms with Crippen molar-refractivity contribution in [2.75, 3.05) is 26.7 Å². The predicted molar refractivity (Wildman–Crippen MR) is 93.3 cm³/mol. The second-order valence-corrected chi connectivity index (χ2v) is 5.73. The summed E-state index contributed by atoms with van der Waals surface area (Å²) < 4.78 is 0. The number of rotatable bonds is 13. The van der Waals surface area contributed by atoms with Crippen molar-refractivity contribution in [2.24, 2.45) is 5.73 Å². The number of aliphatic hydroxyl groups excluding tert-OH is 1. The van der Waals surface area contributed by atoms with Crippen LogP contribution < -0.4 is 5.73 Å². The maximum Gasteiger partial charge on any atom is 0.323 e. The van der Waals surface area contributed by atoms with Gasteiger partial charge in [0.1, 0.15) is 6.54 Å². The minimum atomic E-state index is -0.956. The van der Waals surface area contributed by atoms with Gasteiger partial charge in [-0.05, 0) is 6.42 Å². The first-order valence-electron chi connectivity index (χ1n) is 8.76. The summed E-state index contributed by atoms with van der Waals surface area (Å²) in [5.41, 5.74) is 4.78. The number of hydrogen-bond acceptors (Lipinski definition) is 4. The summed E-state index contributed by atoms with van der Waals surface area (Å²) in [5.74, 6) is -1.02. The molecule has 0 fully saturated rings. The highest BCUT2D eigenvalue weighted by molar-refractivity contribution is 5.80. The van der Waals surface area contributed by atoms with Crippen LogP contribution in [0.25, 0.3) is 0 Å². The first-order valence-corrected chi connectivity index (χ1v) is 8.76. The number of carboxylic acid groups (broad SMARTS) is 1. The van der Waals surface area contributed by atoms with Gasteiger partial charge in [-0.1, -0.05) is 58.3 Å². The summed E-state index contributed by atoms with van der Waals surface area (Å²) in [6, 6.07) is 0. The number of nitrogens with zero attached hydrogens (tertiary/aromatic N) is 1. The number of carbonyl (C=O) groups is 2. The van der Waals surface area contributed by atoms with Gasteiger partial charge in [-0.25, -0.2) is 0 Å². The molecule has 0 spiro atoms. The molecule has 0 aromatic heterocycles. The number of aliphatic carboxylic acids is 1. The fraction of sp³-hybridized carbons (Fsp3) is 0.882. The lowest BCUT2D eigenvalue weighted by Crippen LogP contribution is -2.31. The fourth-order valence-corrected chi connectivity index (χ4v) is 2.07. The molecule has 23 heavy (non-hydrogen) atoms. The molecule has 0 rings (SSSR count). The van der Waals surface area contributed by atoms with Crippen molar-refractivity contribution in [1.82, 2.24) is 4.90 Å². The molecule has 0 bridgehead atoms.